The summed E-state index contributed by atoms with van der Waals surface area (Å²) in [7, 11) is -9.73. The minimum absolute atomic E-state index is 0.0999. The van der Waals surface area contributed by atoms with Crippen LogP contribution in [0, 0.1) is 0 Å². The van der Waals surface area contributed by atoms with Crippen LogP contribution in [0.5, 0.6) is 0 Å². The molecule has 1 aromatic carbocycles. The fraction of sp³-hybridized carbons (Fsp3) is 0.438. The highest BCUT2D eigenvalue weighted by Crippen LogP contribution is 2.32. The van der Waals surface area contributed by atoms with Crippen LogP contribution in [0.1, 0.15) is 5.56 Å². The second-order valence-electron chi connectivity index (χ2n) is 6.92. The van der Waals surface area contributed by atoms with Crippen LogP contribution in [0.4, 0.5) is 0 Å². The molecule has 1 aliphatic heterocycles. The van der Waals surface area contributed by atoms with Gasteiger partial charge in [-0.3, -0.25) is 9.11 Å². The molecule has 1 saturated heterocycles. The van der Waals surface area contributed by atoms with Gasteiger partial charge in [0.15, 0.2) is 0 Å². The zero-order valence-electron chi connectivity index (χ0n) is 16.4. The molecule has 1 aromatic heterocycles. The van der Waals surface area contributed by atoms with Crippen LogP contribution in [0.25, 0.3) is 10.9 Å². The van der Waals surface area contributed by atoms with Gasteiger partial charge in [-0.25, -0.2) is 8.26 Å². The van der Waals surface area contributed by atoms with Gasteiger partial charge in [-0.1, -0.05) is 35.1 Å². The minimum Gasteiger partial charge on any atom is -0.394 e. The smallest absolute Gasteiger partial charge is 0.394 e. The van der Waals surface area contributed by atoms with Crippen LogP contribution in [0.15, 0.2) is 35.6 Å². The lowest BCUT2D eigenvalue weighted by Gasteiger charge is -2.39. The number of aliphatic hydroxyl groups is 4. The van der Waals surface area contributed by atoms with E-state index < -0.39 is 57.2 Å². The maximum Gasteiger partial charge on any atom is 0.466 e. The quantitative estimate of drug-likeness (QED) is 0.104. The second-order valence-corrected chi connectivity index (χ2v) is 10.4. The van der Waals surface area contributed by atoms with E-state index in [1.54, 1.807) is 6.07 Å². The summed E-state index contributed by atoms with van der Waals surface area (Å²) in [6, 6.07) is 6.03. The average Bonchev–Trinajstić information content (AvgIpc) is 3.11. The summed E-state index contributed by atoms with van der Waals surface area (Å²) in [5.74, 6) is 0. The number of rotatable bonds is 7. The summed E-state index contributed by atoms with van der Waals surface area (Å²) >= 11 is 0.533. The van der Waals surface area contributed by atoms with Crippen LogP contribution in [-0.4, -0.2) is 91.8 Å². The Balaban J connectivity index is 1.98. The molecule has 17 heteroatoms. The van der Waals surface area contributed by atoms with Crippen LogP contribution < -0.4 is 0 Å². The largest absolute Gasteiger partial charge is 0.466 e. The summed E-state index contributed by atoms with van der Waals surface area (Å²) in [6.45, 7) is -0.710. The first kappa shape index (κ1) is 25.8. The van der Waals surface area contributed by atoms with Crippen molar-refractivity contribution in [1.82, 2.24) is 3.97 Å². The van der Waals surface area contributed by atoms with E-state index in [2.05, 4.69) is 9.44 Å². The van der Waals surface area contributed by atoms with Crippen LogP contribution >= 0.6 is 11.8 Å². The molecule has 3 rings (SSSR count). The maximum atomic E-state index is 11.7. The Hall–Kier alpha value is -1.80. The molecule has 14 nitrogen and oxygen atoms in total. The number of aromatic nitrogens is 1. The van der Waals surface area contributed by atoms with Gasteiger partial charge >= 0.3 is 20.7 Å². The summed E-state index contributed by atoms with van der Waals surface area (Å²) in [5.41, 5.74) is -1.06. The van der Waals surface area contributed by atoms with Crippen LogP contribution in [-0.2, 0) is 36.1 Å². The fourth-order valence-electron chi connectivity index (χ4n) is 3.20. The van der Waals surface area contributed by atoms with E-state index in [4.69, 9.17) is 9.29 Å². The Morgan fingerprint density at radius 1 is 1.09 bits per heavy atom. The number of fused-ring (bicyclic) bond motifs is 1. The van der Waals surface area contributed by atoms with Gasteiger partial charge in [0, 0.05) is 18.0 Å². The molecular weight excluding hydrogens is 508 g/mol. The normalized spacial score (nSPS) is 27.1. The van der Waals surface area contributed by atoms with Crippen molar-refractivity contribution in [1.29, 1.82) is 0 Å². The SMILES string of the molecule is O=S(=O)(O)ON=C(Cc1cn(S(=O)(=O)O)c2ccccc12)S[C@@H]1O[C@H](CO)[C@@H](O)[C@@H](O)[C@H]1O. The van der Waals surface area contributed by atoms with E-state index in [9.17, 15) is 41.8 Å². The Kier molecular flexibility index (Phi) is 7.68. The number of hydrogen-bond donors (Lipinski definition) is 6. The van der Waals surface area contributed by atoms with Gasteiger partial charge in [0.1, 0.15) is 34.9 Å². The number of thioether (sulfide) groups is 1. The number of para-hydroxylation sites is 1. The molecule has 5 atom stereocenters. The number of hydrogen-bond acceptors (Lipinski definition) is 12. The molecule has 0 bridgehead atoms. The molecule has 0 saturated carbocycles. The molecule has 0 amide bonds. The van der Waals surface area contributed by atoms with Crippen molar-refractivity contribution in [3.63, 3.8) is 0 Å². The van der Waals surface area contributed by atoms with Gasteiger partial charge in [0.25, 0.3) is 0 Å². The van der Waals surface area contributed by atoms with Gasteiger partial charge in [0.05, 0.1) is 12.1 Å². The van der Waals surface area contributed by atoms with Crippen molar-refractivity contribution in [2.75, 3.05) is 6.61 Å². The topological polar surface area (TPSA) is 225 Å². The average molecular weight is 529 g/mol. The summed E-state index contributed by atoms with van der Waals surface area (Å²) < 4.78 is 73.8. The minimum atomic E-state index is -5.04. The summed E-state index contributed by atoms with van der Waals surface area (Å²) in [6.07, 6.45) is -5.61. The first-order valence-corrected chi connectivity index (χ1v) is 12.7. The molecule has 6 N–H and O–H groups in total. The van der Waals surface area contributed by atoms with Crippen molar-refractivity contribution in [3.8, 4) is 0 Å². The molecule has 0 unspecified atom stereocenters. The lowest BCUT2D eigenvalue weighted by molar-refractivity contribution is -0.205. The molecule has 1 fully saturated rings. The number of ether oxygens (including phenoxy) is 1. The Morgan fingerprint density at radius 2 is 1.76 bits per heavy atom. The van der Waals surface area contributed by atoms with Crippen molar-refractivity contribution >= 4 is 48.4 Å². The van der Waals surface area contributed by atoms with E-state index in [0.717, 1.165) is 6.20 Å². The first-order chi connectivity index (χ1) is 15.3. The van der Waals surface area contributed by atoms with Gasteiger partial charge in [-0.05, 0) is 11.6 Å². The predicted octanol–water partition coefficient (Wildman–Crippen LogP) is -1.50. The molecule has 33 heavy (non-hydrogen) atoms. The first-order valence-electron chi connectivity index (χ1n) is 9.09. The molecular formula is C16H20N2O12S3. The highest BCUT2D eigenvalue weighted by molar-refractivity contribution is 8.14. The van der Waals surface area contributed by atoms with E-state index in [1.165, 1.54) is 18.2 Å². The van der Waals surface area contributed by atoms with E-state index >= 15 is 0 Å². The van der Waals surface area contributed by atoms with Crippen molar-refractivity contribution in [3.05, 3.63) is 36.0 Å². The predicted molar refractivity (Wildman–Crippen MR) is 114 cm³/mol. The number of benzene rings is 1. The molecule has 0 spiro atoms. The Labute approximate surface area is 191 Å². The number of nitrogens with zero attached hydrogens (tertiary/aromatic N) is 2. The van der Waals surface area contributed by atoms with Gasteiger partial charge in [0.2, 0.25) is 0 Å². The maximum absolute atomic E-state index is 11.7. The van der Waals surface area contributed by atoms with E-state index in [-0.39, 0.29) is 22.5 Å². The fourth-order valence-corrected chi connectivity index (χ4v) is 5.18. The molecule has 0 radical (unpaired) electrons. The highest BCUT2D eigenvalue weighted by atomic mass is 32.3. The zero-order chi connectivity index (χ0) is 24.6. The third-order valence-electron chi connectivity index (χ3n) is 4.68. The Bertz CT molecular complexity index is 1240. The number of aliphatic hydroxyl groups excluding tert-OH is 4. The van der Waals surface area contributed by atoms with Gasteiger partial charge in [-0.15, -0.1) is 0 Å². The lowest BCUT2D eigenvalue weighted by Crippen LogP contribution is -2.57. The third-order valence-corrected chi connectivity index (χ3v) is 6.86. The van der Waals surface area contributed by atoms with Crippen molar-refractivity contribution in [2.24, 2.45) is 5.16 Å². The molecule has 2 heterocycles. The zero-order valence-corrected chi connectivity index (χ0v) is 18.9. The molecule has 184 valence electrons. The summed E-state index contributed by atoms with van der Waals surface area (Å²) in [4.78, 5) is 0. The van der Waals surface area contributed by atoms with Gasteiger partial charge in [-0.2, -0.15) is 16.8 Å². The lowest BCUT2D eigenvalue weighted by atomic mass is 10.0. The van der Waals surface area contributed by atoms with Crippen LogP contribution in [0.2, 0.25) is 0 Å². The van der Waals surface area contributed by atoms with Crippen molar-refractivity contribution in [2.45, 2.75) is 36.3 Å². The van der Waals surface area contributed by atoms with Crippen molar-refractivity contribution < 1.29 is 55.4 Å². The molecule has 2 aromatic rings. The van der Waals surface area contributed by atoms with Gasteiger partial charge < -0.3 is 25.2 Å². The highest BCUT2D eigenvalue weighted by Gasteiger charge is 2.44. The molecule has 0 aliphatic carbocycles. The Morgan fingerprint density at radius 3 is 2.36 bits per heavy atom. The number of oxime groups is 1. The van der Waals surface area contributed by atoms with E-state index in [1.807, 2.05) is 0 Å². The third kappa shape index (κ3) is 6.01. The summed E-state index contributed by atoms with van der Waals surface area (Å²) in [5, 5.41) is 42.8. The monoisotopic (exact) mass is 528 g/mol. The standard InChI is InChI=1S/C16H20N2O12S3/c19-7-11-13(20)14(21)15(22)16(29-11)31-12(17-30-33(26,27)28)5-8-6-18(32(23,24)25)10-4-2-1-3-9(8)10/h1-4,6,11,13-16,19-22H,5,7H2,(H,23,24,25)(H,26,27,28)/t11-,13-,14-,15-,16+/m1/s1. The molecule has 1 aliphatic rings. The van der Waals surface area contributed by atoms with E-state index in [0.29, 0.717) is 21.1 Å². The van der Waals surface area contributed by atoms with Crippen LogP contribution in [0.3, 0.4) is 0 Å². The second kappa shape index (κ2) is 9.82.